The Morgan fingerprint density at radius 3 is 2.32 bits per heavy atom. The second kappa shape index (κ2) is 5.77. The lowest BCUT2D eigenvalue weighted by Gasteiger charge is -2.40. The number of amides is 1. The first-order valence-electron chi connectivity index (χ1n) is 5.81. The van der Waals surface area contributed by atoms with E-state index in [2.05, 4.69) is 0 Å². The van der Waals surface area contributed by atoms with Gasteiger partial charge in [-0.3, -0.25) is 4.79 Å². The number of halogens is 3. The first-order chi connectivity index (χ1) is 8.67. The Balaban J connectivity index is 2.54. The fraction of sp³-hybridized carbons (Fsp3) is 0.818. The highest BCUT2D eigenvalue weighted by Crippen LogP contribution is 2.37. The van der Waals surface area contributed by atoms with Crippen LogP contribution in [0.15, 0.2) is 0 Å². The van der Waals surface area contributed by atoms with Crippen LogP contribution in [-0.4, -0.2) is 41.9 Å². The molecule has 1 saturated carbocycles. The number of carboxylic acids is 1. The minimum absolute atomic E-state index is 0.120. The highest BCUT2D eigenvalue weighted by Gasteiger charge is 2.41. The van der Waals surface area contributed by atoms with Gasteiger partial charge in [-0.05, 0) is 19.3 Å². The Bertz CT molecular complexity index is 347. The molecule has 1 aliphatic rings. The number of hydrogen-bond acceptors (Lipinski definition) is 3. The number of rotatable bonds is 6. The molecule has 0 spiro atoms. The van der Waals surface area contributed by atoms with Crippen LogP contribution in [0.2, 0.25) is 0 Å². The number of alkyl halides is 3. The smallest absolute Gasteiger partial charge is 0.391 e. The summed E-state index contributed by atoms with van der Waals surface area (Å²) < 4.78 is 41.6. The lowest BCUT2D eigenvalue weighted by molar-refractivity contribution is -0.161. The zero-order valence-corrected chi connectivity index (χ0v) is 10.4. The number of hydrogen-bond donors (Lipinski definition) is 2. The molecular weight excluding hydrogens is 267 g/mol. The molecule has 0 bridgehead atoms. The van der Waals surface area contributed by atoms with Gasteiger partial charge in [-0.1, -0.05) is 0 Å². The van der Waals surface area contributed by atoms with Gasteiger partial charge in [-0.2, -0.15) is 13.2 Å². The standard InChI is InChI=1S/C11H16F3NO4/c1-19-10(3-2-4-10)6-8(16)15-7(9(17)18)5-11(12,13)14/h7H,2-6H2,1H3,(H,15,16)(H,17,18). The summed E-state index contributed by atoms with van der Waals surface area (Å²) in [7, 11) is 1.43. The average molecular weight is 283 g/mol. The molecule has 0 aliphatic heterocycles. The molecule has 110 valence electrons. The number of methoxy groups -OCH3 is 1. The van der Waals surface area contributed by atoms with Crippen LogP contribution in [0.3, 0.4) is 0 Å². The van der Waals surface area contributed by atoms with E-state index < -0.39 is 36.1 Å². The van der Waals surface area contributed by atoms with Crippen molar-refractivity contribution in [3.05, 3.63) is 0 Å². The molecule has 0 aromatic rings. The molecule has 2 N–H and O–H groups in total. The molecule has 0 saturated heterocycles. The summed E-state index contributed by atoms with van der Waals surface area (Å²) in [5.41, 5.74) is -0.647. The van der Waals surface area contributed by atoms with Crippen molar-refractivity contribution in [1.29, 1.82) is 0 Å². The lowest BCUT2D eigenvalue weighted by atomic mass is 9.77. The maximum atomic E-state index is 12.2. The number of ether oxygens (including phenoxy) is 1. The molecule has 19 heavy (non-hydrogen) atoms. The highest BCUT2D eigenvalue weighted by atomic mass is 19.4. The molecule has 0 heterocycles. The van der Waals surface area contributed by atoms with Crippen molar-refractivity contribution in [2.75, 3.05) is 7.11 Å². The van der Waals surface area contributed by atoms with Crippen molar-refractivity contribution < 1.29 is 32.6 Å². The van der Waals surface area contributed by atoms with Crippen molar-refractivity contribution >= 4 is 11.9 Å². The topological polar surface area (TPSA) is 75.6 Å². The normalized spacial score (nSPS) is 19.4. The number of nitrogens with one attached hydrogen (secondary N) is 1. The lowest BCUT2D eigenvalue weighted by Crippen LogP contribution is -2.48. The maximum Gasteiger partial charge on any atom is 0.391 e. The van der Waals surface area contributed by atoms with Crippen LogP contribution in [-0.2, 0) is 14.3 Å². The van der Waals surface area contributed by atoms with Gasteiger partial charge in [0, 0.05) is 7.11 Å². The fourth-order valence-corrected chi connectivity index (χ4v) is 1.99. The van der Waals surface area contributed by atoms with Crippen LogP contribution in [0.4, 0.5) is 13.2 Å². The van der Waals surface area contributed by atoms with Gasteiger partial charge in [0.1, 0.15) is 6.04 Å². The summed E-state index contributed by atoms with van der Waals surface area (Å²) in [6, 6.07) is -1.96. The summed E-state index contributed by atoms with van der Waals surface area (Å²) in [5, 5.41) is 10.6. The Morgan fingerprint density at radius 2 is 2.00 bits per heavy atom. The van der Waals surface area contributed by atoms with Gasteiger partial charge in [0.2, 0.25) is 5.91 Å². The van der Waals surface area contributed by atoms with Gasteiger partial charge in [0.25, 0.3) is 0 Å². The van der Waals surface area contributed by atoms with E-state index in [-0.39, 0.29) is 6.42 Å². The van der Waals surface area contributed by atoms with E-state index in [0.717, 1.165) is 6.42 Å². The van der Waals surface area contributed by atoms with Gasteiger partial charge < -0.3 is 15.2 Å². The Kier molecular flexibility index (Phi) is 4.78. The van der Waals surface area contributed by atoms with Gasteiger partial charge in [0.15, 0.2) is 0 Å². The number of carboxylic acid groups (broad SMARTS) is 1. The summed E-state index contributed by atoms with van der Waals surface area (Å²) in [5.74, 6) is -2.44. The molecular formula is C11H16F3NO4. The monoisotopic (exact) mass is 283 g/mol. The number of carbonyl (C=O) groups is 2. The third kappa shape index (κ3) is 4.70. The number of carbonyl (C=O) groups excluding carboxylic acids is 1. The fourth-order valence-electron chi connectivity index (χ4n) is 1.99. The van der Waals surface area contributed by atoms with E-state index in [4.69, 9.17) is 9.84 Å². The minimum Gasteiger partial charge on any atom is -0.480 e. The highest BCUT2D eigenvalue weighted by molar-refractivity contribution is 5.84. The van der Waals surface area contributed by atoms with Crippen LogP contribution in [0.25, 0.3) is 0 Å². The molecule has 5 nitrogen and oxygen atoms in total. The SMILES string of the molecule is COC1(CC(=O)NC(CC(F)(F)F)C(=O)O)CCC1. The third-order valence-corrected chi connectivity index (χ3v) is 3.25. The molecule has 1 fully saturated rings. The zero-order valence-electron chi connectivity index (χ0n) is 10.4. The molecule has 1 atom stereocenters. The summed E-state index contributed by atoms with van der Waals surface area (Å²) >= 11 is 0. The van der Waals surface area contributed by atoms with E-state index >= 15 is 0 Å². The largest absolute Gasteiger partial charge is 0.480 e. The van der Waals surface area contributed by atoms with Crippen LogP contribution >= 0.6 is 0 Å². The molecule has 0 aromatic carbocycles. The van der Waals surface area contributed by atoms with E-state index in [9.17, 15) is 22.8 Å². The molecule has 8 heteroatoms. The Hall–Kier alpha value is -1.31. The second-order valence-electron chi connectivity index (χ2n) is 4.70. The van der Waals surface area contributed by atoms with Crippen molar-refractivity contribution in [2.45, 2.75) is 49.9 Å². The van der Waals surface area contributed by atoms with Crippen LogP contribution in [0.1, 0.15) is 32.1 Å². The van der Waals surface area contributed by atoms with Crippen LogP contribution in [0.5, 0.6) is 0 Å². The van der Waals surface area contributed by atoms with Crippen LogP contribution in [0, 0.1) is 0 Å². The zero-order chi connectivity index (χ0) is 14.7. The van der Waals surface area contributed by atoms with Crippen molar-refractivity contribution in [3.63, 3.8) is 0 Å². The summed E-state index contributed by atoms with van der Waals surface area (Å²) in [6.45, 7) is 0. The third-order valence-electron chi connectivity index (χ3n) is 3.25. The minimum atomic E-state index is -4.65. The predicted octanol–water partition coefficient (Wildman–Crippen LogP) is 1.47. The van der Waals surface area contributed by atoms with Crippen molar-refractivity contribution in [3.8, 4) is 0 Å². The molecule has 1 unspecified atom stereocenters. The van der Waals surface area contributed by atoms with Crippen molar-refractivity contribution in [2.24, 2.45) is 0 Å². The maximum absolute atomic E-state index is 12.2. The quantitative estimate of drug-likeness (QED) is 0.774. The van der Waals surface area contributed by atoms with Crippen molar-refractivity contribution in [1.82, 2.24) is 5.32 Å². The van der Waals surface area contributed by atoms with E-state index in [1.54, 1.807) is 0 Å². The van der Waals surface area contributed by atoms with E-state index in [1.807, 2.05) is 5.32 Å². The molecule has 1 amide bonds. The molecule has 0 radical (unpaired) electrons. The molecule has 1 aliphatic carbocycles. The molecule has 1 rings (SSSR count). The first-order valence-corrected chi connectivity index (χ1v) is 5.81. The molecule has 0 aromatic heterocycles. The second-order valence-corrected chi connectivity index (χ2v) is 4.70. The van der Waals surface area contributed by atoms with Gasteiger partial charge >= 0.3 is 12.1 Å². The Morgan fingerprint density at radius 1 is 1.42 bits per heavy atom. The summed E-state index contributed by atoms with van der Waals surface area (Å²) in [4.78, 5) is 22.3. The first kappa shape index (κ1) is 15.7. The van der Waals surface area contributed by atoms with E-state index in [0.29, 0.717) is 12.8 Å². The average Bonchev–Trinajstić information content (AvgIpc) is 2.20. The predicted molar refractivity (Wildman–Crippen MR) is 58.4 cm³/mol. The van der Waals surface area contributed by atoms with E-state index in [1.165, 1.54) is 7.11 Å². The summed E-state index contributed by atoms with van der Waals surface area (Å²) in [6.07, 6.45) is -4.18. The van der Waals surface area contributed by atoms with Crippen LogP contribution < -0.4 is 5.32 Å². The van der Waals surface area contributed by atoms with Gasteiger partial charge in [-0.15, -0.1) is 0 Å². The number of aliphatic carboxylic acids is 1. The Labute approximate surface area is 108 Å². The van der Waals surface area contributed by atoms with Gasteiger partial charge in [-0.25, -0.2) is 4.79 Å². The van der Waals surface area contributed by atoms with Gasteiger partial charge in [0.05, 0.1) is 18.4 Å².